The lowest BCUT2D eigenvalue weighted by Crippen LogP contribution is -2.19. The predicted molar refractivity (Wildman–Crippen MR) is 95.9 cm³/mol. The van der Waals surface area contributed by atoms with Gasteiger partial charge < -0.3 is 29.5 Å². The van der Waals surface area contributed by atoms with Crippen molar-refractivity contribution in [3.63, 3.8) is 0 Å². The Bertz CT molecular complexity index is 704. The summed E-state index contributed by atoms with van der Waals surface area (Å²) >= 11 is 1.41. The molecule has 0 aliphatic heterocycles. The molecule has 138 valence electrons. The third-order valence-corrected chi connectivity index (χ3v) is 4.30. The normalized spacial score (nSPS) is 11.0. The second-order valence-corrected chi connectivity index (χ2v) is 6.62. The van der Waals surface area contributed by atoms with E-state index in [4.69, 9.17) is 19.3 Å². The lowest BCUT2D eigenvalue weighted by molar-refractivity contribution is 0.0881. The first-order valence-electron chi connectivity index (χ1n) is 7.79. The van der Waals surface area contributed by atoms with Crippen molar-refractivity contribution in [2.24, 2.45) is 0 Å². The van der Waals surface area contributed by atoms with Crippen molar-refractivity contribution in [1.29, 1.82) is 0 Å². The fourth-order valence-corrected chi connectivity index (χ4v) is 2.96. The van der Waals surface area contributed by atoms with Crippen LogP contribution in [0.4, 0.5) is 4.79 Å². The highest BCUT2D eigenvalue weighted by Crippen LogP contribution is 2.34. The molecule has 1 heterocycles. The maximum absolute atomic E-state index is 10.6. The molecule has 0 saturated carbocycles. The van der Waals surface area contributed by atoms with E-state index in [9.17, 15) is 4.79 Å². The lowest BCUT2D eigenvalue weighted by Gasteiger charge is -2.12. The van der Waals surface area contributed by atoms with E-state index in [0.29, 0.717) is 36.3 Å². The van der Waals surface area contributed by atoms with E-state index in [-0.39, 0.29) is 6.54 Å². The average molecular weight is 369 g/mol. The fourth-order valence-electron chi connectivity index (χ4n) is 2.04. The first-order valence-corrected chi connectivity index (χ1v) is 8.60. The van der Waals surface area contributed by atoms with E-state index >= 15 is 0 Å². The van der Waals surface area contributed by atoms with Crippen molar-refractivity contribution in [2.75, 3.05) is 47.6 Å². The van der Waals surface area contributed by atoms with Gasteiger partial charge in [0.15, 0.2) is 11.5 Å². The number of nitrogens with zero attached hydrogens (tertiary/aromatic N) is 2. The molecule has 1 aromatic carbocycles. The van der Waals surface area contributed by atoms with Crippen LogP contribution in [0.3, 0.4) is 0 Å². The van der Waals surface area contributed by atoms with Crippen LogP contribution < -0.4 is 14.8 Å². The Hall–Kier alpha value is -2.10. The summed E-state index contributed by atoms with van der Waals surface area (Å²) in [5.41, 5.74) is 0.747. The second-order valence-electron chi connectivity index (χ2n) is 5.50. The van der Waals surface area contributed by atoms with Crippen molar-refractivity contribution >= 4 is 27.6 Å². The maximum atomic E-state index is 10.6. The number of nitrogens with one attached hydrogen (secondary N) is 1. The van der Waals surface area contributed by atoms with Gasteiger partial charge in [0.1, 0.15) is 11.6 Å². The minimum absolute atomic E-state index is 0.174. The van der Waals surface area contributed by atoms with Crippen LogP contribution in [-0.4, -0.2) is 68.7 Å². The van der Waals surface area contributed by atoms with Crippen LogP contribution in [0.15, 0.2) is 12.1 Å². The molecule has 1 amide bonds. The molecule has 2 N–H and O–H groups in total. The summed E-state index contributed by atoms with van der Waals surface area (Å²) in [6.07, 6.45) is -1.07. The predicted octanol–water partition coefficient (Wildman–Crippen LogP) is 2.03. The smallest absolute Gasteiger partial charge is 0.405 e. The lowest BCUT2D eigenvalue weighted by atomic mass is 10.3. The number of benzene rings is 1. The van der Waals surface area contributed by atoms with Gasteiger partial charge in [0.05, 0.1) is 37.1 Å². The number of hydrogen-bond acceptors (Lipinski definition) is 7. The molecule has 1 aromatic heterocycles. The number of carbonyl (C=O) groups is 1. The van der Waals surface area contributed by atoms with E-state index in [1.807, 2.05) is 20.2 Å². The van der Waals surface area contributed by atoms with Gasteiger partial charge in [-0.05, 0) is 14.1 Å². The molecule has 0 aliphatic carbocycles. The van der Waals surface area contributed by atoms with Gasteiger partial charge in [0, 0.05) is 18.7 Å². The first-order chi connectivity index (χ1) is 12.0. The number of carboxylic acid groups (broad SMARTS) is 1. The number of fused-ring (bicyclic) bond motifs is 1. The van der Waals surface area contributed by atoms with Crippen molar-refractivity contribution in [3.8, 4) is 11.5 Å². The largest absolute Gasteiger partial charge is 0.493 e. The highest BCUT2D eigenvalue weighted by atomic mass is 32.1. The minimum Gasteiger partial charge on any atom is -0.493 e. The zero-order valence-electron chi connectivity index (χ0n) is 14.6. The molecule has 2 aromatic rings. The minimum atomic E-state index is -1.07. The van der Waals surface area contributed by atoms with E-state index in [1.54, 1.807) is 13.2 Å². The number of ether oxygens (including phenoxy) is 3. The zero-order chi connectivity index (χ0) is 18.2. The Labute approximate surface area is 150 Å². The van der Waals surface area contributed by atoms with E-state index in [1.165, 1.54) is 11.3 Å². The van der Waals surface area contributed by atoms with Crippen LogP contribution in [0.25, 0.3) is 10.2 Å². The Morgan fingerprint density at radius 3 is 2.76 bits per heavy atom. The van der Waals surface area contributed by atoms with Crippen molar-refractivity contribution in [1.82, 2.24) is 15.2 Å². The maximum Gasteiger partial charge on any atom is 0.405 e. The quantitative estimate of drug-likeness (QED) is 0.619. The SMILES string of the molecule is COc1cc2sc(CNC(=O)O)nc2cc1OCCOCCN(C)C. The number of hydrogen-bond donors (Lipinski definition) is 2. The molecular formula is C16H23N3O5S. The number of thiazole rings is 1. The number of amides is 1. The molecule has 0 unspecified atom stereocenters. The number of rotatable bonds is 10. The second kappa shape index (κ2) is 9.40. The molecular weight excluding hydrogens is 346 g/mol. The Morgan fingerprint density at radius 1 is 1.28 bits per heavy atom. The van der Waals surface area contributed by atoms with E-state index < -0.39 is 6.09 Å². The molecule has 0 atom stereocenters. The summed E-state index contributed by atoms with van der Waals surface area (Å²) in [4.78, 5) is 17.1. The van der Waals surface area contributed by atoms with E-state index in [2.05, 4.69) is 15.2 Å². The van der Waals surface area contributed by atoms with Gasteiger partial charge >= 0.3 is 6.09 Å². The molecule has 0 aliphatic rings. The highest BCUT2D eigenvalue weighted by molar-refractivity contribution is 7.18. The third kappa shape index (κ3) is 6.04. The van der Waals surface area contributed by atoms with Gasteiger partial charge in [-0.2, -0.15) is 0 Å². The Morgan fingerprint density at radius 2 is 2.08 bits per heavy atom. The van der Waals surface area contributed by atoms with Crippen LogP contribution >= 0.6 is 11.3 Å². The van der Waals surface area contributed by atoms with Gasteiger partial charge in [-0.25, -0.2) is 9.78 Å². The molecule has 2 rings (SSSR count). The van der Waals surface area contributed by atoms with Gasteiger partial charge in [-0.1, -0.05) is 0 Å². The monoisotopic (exact) mass is 369 g/mol. The van der Waals surface area contributed by atoms with Gasteiger partial charge in [0.25, 0.3) is 0 Å². The van der Waals surface area contributed by atoms with Crippen LogP contribution in [0.2, 0.25) is 0 Å². The summed E-state index contributed by atoms with van der Waals surface area (Å²) in [5.74, 6) is 1.21. The van der Waals surface area contributed by atoms with Crippen LogP contribution in [0.1, 0.15) is 5.01 Å². The molecule has 0 bridgehead atoms. The number of likely N-dealkylation sites (N-methyl/N-ethyl adjacent to an activating group) is 1. The molecule has 0 radical (unpaired) electrons. The molecule has 8 nitrogen and oxygen atoms in total. The third-order valence-electron chi connectivity index (χ3n) is 3.28. The Balaban J connectivity index is 1.97. The molecule has 25 heavy (non-hydrogen) atoms. The average Bonchev–Trinajstić information content (AvgIpc) is 2.96. The topological polar surface area (TPSA) is 93.2 Å². The van der Waals surface area contributed by atoms with Gasteiger partial charge in [-0.15, -0.1) is 11.3 Å². The van der Waals surface area contributed by atoms with Crippen LogP contribution in [0, 0.1) is 0 Å². The van der Waals surface area contributed by atoms with Crippen LogP contribution in [0.5, 0.6) is 11.5 Å². The van der Waals surface area contributed by atoms with E-state index in [0.717, 1.165) is 16.8 Å². The van der Waals surface area contributed by atoms with Gasteiger partial charge in [0.2, 0.25) is 0 Å². The standard InChI is InChI=1S/C16H23N3O5S/c1-19(2)4-5-23-6-7-24-13-8-11-14(9-12(13)22-3)25-15(18-11)10-17-16(20)21/h8-9,17H,4-7,10H2,1-3H3,(H,20,21). The number of methoxy groups -OCH3 is 1. The first kappa shape index (κ1) is 19.2. The van der Waals surface area contributed by atoms with Crippen molar-refractivity contribution in [3.05, 3.63) is 17.1 Å². The van der Waals surface area contributed by atoms with Crippen molar-refractivity contribution < 1.29 is 24.1 Å². The Kier molecular flexibility index (Phi) is 7.23. The summed E-state index contributed by atoms with van der Waals surface area (Å²) in [5, 5.41) is 11.7. The fraction of sp³-hybridized carbons (Fsp3) is 0.500. The van der Waals surface area contributed by atoms with Gasteiger partial charge in [-0.3, -0.25) is 0 Å². The zero-order valence-corrected chi connectivity index (χ0v) is 15.4. The summed E-state index contributed by atoms with van der Waals surface area (Å²) in [6.45, 7) is 2.58. The highest BCUT2D eigenvalue weighted by Gasteiger charge is 2.12. The summed E-state index contributed by atoms with van der Waals surface area (Å²) in [7, 11) is 5.57. The molecule has 9 heteroatoms. The summed E-state index contributed by atoms with van der Waals surface area (Å²) < 4.78 is 17.5. The van der Waals surface area contributed by atoms with Crippen LogP contribution in [-0.2, 0) is 11.3 Å². The molecule has 0 saturated heterocycles. The molecule has 0 fully saturated rings. The number of aromatic nitrogens is 1. The summed E-state index contributed by atoms with van der Waals surface area (Å²) in [6, 6.07) is 3.65. The van der Waals surface area contributed by atoms with Crippen molar-refractivity contribution in [2.45, 2.75) is 6.54 Å². The molecule has 0 spiro atoms.